The van der Waals surface area contributed by atoms with Crippen LogP contribution in [0.2, 0.25) is 0 Å². The number of hydrogen-bond acceptors (Lipinski definition) is 6. The Morgan fingerprint density at radius 1 is 0.296 bits per heavy atom. The Bertz CT molecular complexity index is 1960. The van der Waals surface area contributed by atoms with Crippen molar-refractivity contribution in [2.75, 3.05) is 0 Å². The molecule has 0 unspecified atom stereocenters. The molecule has 54 heavy (non-hydrogen) atoms. The predicted molar refractivity (Wildman–Crippen MR) is 196 cm³/mol. The summed E-state index contributed by atoms with van der Waals surface area (Å²) in [5.41, 5.74) is -11.1. The normalized spacial score (nSPS) is 13.3. The number of alkyl halides is 6. The molecule has 284 valence electrons. The van der Waals surface area contributed by atoms with E-state index in [9.17, 15) is 43.2 Å². The second kappa shape index (κ2) is 16.4. The summed E-state index contributed by atoms with van der Waals surface area (Å²) in [5.74, 6) is 0. The summed E-state index contributed by atoms with van der Waals surface area (Å²) in [7, 11) is -18.1. The molecule has 0 heterocycles. The van der Waals surface area contributed by atoms with Crippen LogP contribution in [0.5, 0.6) is 0 Å². The average Bonchev–Trinajstić information content (AvgIpc) is 3.17. The summed E-state index contributed by atoms with van der Waals surface area (Å²) in [6.07, 6.45) is 0. The largest absolute Gasteiger partial charge is 0.524 e. The van der Waals surface area contributed by atoms with Crippen molar-refractivity contribution in [2.45, 2.75) is 40.4 Å². The molecule has 16 heteroatoms. The lowest BCUT2D eigenvalue weighted by molar-refractivity contribution is -0.0501. The average molecular weight is 825 g/mol. The minimum atomic E-state index is -5.86. The fourth-order valence-electron chi connectivity index (χ4n) is 5.07. The first-order valence-electron chi connectivity index (χ1n) is 15.6. The van der Waals surface area contributed by atoms with Crippen molar-refractivity contribution in [3.63, 3.8) is 0 Å². The van der Waals surface area contributed by atoms with Crippen molar-refractivity contribution in [3.05, 3.63) is 182 Å². The number of hydrogen-bond donors (Lipinski definition) is 0. The fraction of sp³-hybridized carbons (Fsp3) is 0.0526. The van der Waals surface area contributed by atoms with Crippen LogP contribution in [-0.2, 0) is 27.5 Å². The maximum Gasteiger partial charge on any atom is 0.524 e. The van der Waals surface area contributed by atoms with E-state index >= 15 is 0 Å². The molecule has 0 saturated carbocycles. The molecule has 0 fully saturated rings. The Balaban J connectivity index is 0.000000208. The molecule has 0 amide bonds. The molecular formula is C38H30F6O6S4. The summed E-state index contributed by atoms with van der Waals surface area (Å²) in [5, 5.41) is 0. The van der Waals surface area contributed by atoms with Crippen LogP contribution in [0.4, 0.5) is 26.3 Å². The quantitative estimate of drug-likeness (QED) is 0.101. The molecule has 0 aliphatic heterocycles. The molecule has 0 spiro atoms. The first-order valence-corrected chi connectivity index (χ1v) is 21.5. The molecule has 0 aliphatic carbocycles. The van der Waals surface area contributed by atoms with Gasteiger partial charge in [-0.1, -0.05) is 109 Å². The third kappa shape index (κ3) is 8.53. The Morgan fingerprint density at radius 3 is 0.574 bits per heavy atom. The van der Waals surface area contributed by atoms with Gasteiger partial charge in [0, 0.05) is 29.4 Å². The van der Waals surface area contributed by atoms with Gasteiger partial charge in [-0.3, -0.25) is 0 Å². The van der Waals surface area contributed by atoms with Crippen LogP contribution in [0.1, 0.15) is 0 Å². The Labute approximate surface area is 312 Å². The van der Waals surface area contributed by atoms with E-state index in [0.29, 0.717) is 29.4 Å². The Kier molecular flexibility index (Phi) is 12.3. The standard InChI is InChI=1S/2C19H15F3O3S2/c2*20-19(21,22)27(23,24)25-26(16-10-4-1-5-11-16,17-12-6-2-7-13-17)18-14-8-3-9-15-18/h2*1-15H. The van der Waals surface area contributed by atoms with Crippen LogP contribution in [-0.4, -0.2) is 27.9 Å². The zero-order valence-corrected chi connectivity index (χ0v) is 30.9. The number of halogens is 6. The van der Waals surface area contributed by atoms with E-state index in [4.69, 9.17) is 7.26 Å². The lowest BCUT2D eigenvalue weighted by Gasteiger charge is -2.39. The summed E-state index contributed by atoms with van der Waals surface area (Å²) in [4.78, 5) is 2.06. The molecule has 0 saturated heterocycles. The van der Waals surface area contributed by atoms with Gasteiger partial charge in [0.2, 0.25) is 0 Å². The smallest absolute Gasteiger partial charge is 0.200 e. The van der Waals surface area contributed by atoms with Crippen molar-refractivity contribution in [1.82, 2.24) is 0 Å². The van der Waals surface area contributed by atoms with Gasteiger partial charge in [0.1, 0.15) is 0 Å². The fourth-order valence-corrected chi connectivity index (χ4v) is 14.6. The summed E-state index contributed by atoms with van der Waals surface area (Å²) >= 11 is 0. The van der Waals surface area contributed by atoms with Crippen LogP contribution in [0.25, 0.3) is 0 Å². The van der Waals surface area contributed by atoms with Crippen LogP contribution >= 0.6 is 20.6 Å². The zero-order valence-electron chi connectivity index (χ0n) is 27.7. The number of rotatable bonds is 10. The molecule has 6 aromatic rings. The van der Waals surface area contributed by atoms with E-state index in [1.807, 2.05) is 0 Å². The van der Waals surface area contributed by atoms with E-state index in [1.165, 1.54) is 0 Å². The van der Waals surface area contributed by atoms with Crippen LogP contribution in [0, 0.1) is 0 Å². The first kappa shape index (κ1) is 40.6. The lowest BCUT2D eigenvalue weighted by Crippen LogP contribution is -2.27. The van der Waals surface area contributed by atoms with Crippen molar-refractivity contribution < 1.29 is 50.4 Å². The van der Waals surface area contributed by atoms with Crippen molar-refractivity contribution >= 4 is 40.9 Å². The van der Waals surface area contributed by atoms with E-state index < -0.39 is 51.9 Å². The molecule has 0 aliphatic rings. The van der Waals surface area contributed by atoms with E-state index in [1.54, 1.807) is 182 Å². The first-order chi connectivity index (χ1) is 25.5. The third-order valence-electron chi connectivity index (χ3n) is 7.40. The minimum absolute atomic E-state index is 0.343. The highest BCUT2D eigenvalue weighted by molar-refractivity contribution is 8.33. The molecule has 0 atom stereocenters. The van der Waals surface area contributed by atoms with E-state index in [0.717, 1.165) is 0 Å². The Morgan fingerprint density at radius 2 is 0.444 bits per heavy atom. The van der Waals surface area contributed by atoms with Crippen LogP contribution in [0.3, 0.4) is 0 Å². The highest BCUT2D eigenvalue weighted by Crippen LogP contribution is 2.71. The van der Waals surface area contributed by atoms with Crippen molar-refractivity contribution in [3.8, 4) is 0 Å². The van der Waals surface area contributed by atoms with Gasteiger partial charge < -0.3 is 0 Å². The topological polar surface area (TPSA) is 86.7 Å². The minimum Gasteiger partial charge on any atom is -0.200 e. The highest BCUT2D eigenvalue weighted by Gasteiger charge is 2.53. The summed E-state index contributed by atoms with van der Waals surface area (Å²) in [6, 6.07) is 48.6. The van der Waals surface area contributed by atoms with Crippen LogP contribution in [0.15, 0.2) is 211 Å². The predicted octanol–water partition coefficient (Wildman–Crippen LogP) is 11.5. The monoisotopic (exact) mass is 824 g/mol. The molecule has 6 aromatic carbocycles. The van der Waals surface area contributed by atoms with Crippen molar-refractivity contribution in [2.24, 2.45) is 0 Å². The molecule has 0 N–H and O–H groups in total. The van der Waals surface area contributed by atoms with E-state index in [-0.39, 0.29) is 0 Å². The second-order valence-corrected chi connectivity index (χ2v) is 19.8. The summed E-state index contributed by atoms with van der Waals surface area (Å²) < 4.78 is 138. The van der Waals surface area contributed by atoms with E-state index in [2.05, 4.69) is 0 Å². The molecule has 0 aromatic heterocycles. The molecule has 0 radical (unpaired) electrons. The SMILES string of the molecule is O=S(=O)(OS(c1ccccc1)(c1ccccc1)c1ccccc1)C(F)(F)F.O=S(=O)(OS(c1ccccc1)(c1ccccc1)c1ccccc1)C(F)(F)F. The van der Waals surface area contributed by atoms with Crippen LogP contribution < -0.4 is 0 Å². The third-order valence-corrected chi connectivity index (χ3v) is 17.2. The summed E-state index contributed by atoms with van der Waals surface area (Å²) in [6.45, 7) is 0. The van der Waals surface area contributed by atoms with Gasteiger partial charge in [-0.25, -0.2) is 0 Å². The number of benzene rings is 6. The molecule has 0 bridgehead atoms. The molecular weight excluding hydrogens is 795 g/mol. The van der Waals surface area contributed by atoms with Gasteiger partial charge >= 0.3 is 31.3 Å². The van der Waals surface area contributed by atoms with Gasteiger partial charge in [-0.2, -0.15) is 50.4 Å². The zero-order chi connectivity index (χ0) is 39.1. The van der Waals surface area contributed by atoms with Gasteiger partial charge in [0.05, 0.1) is 0 Å². The van der Waals surface area contributed by atoms with Gasteiger partial charge in [0.15, 0.2) is 0 Å². The molecule has 6 nitrogen and oxygen atoms in total. The second-order valence-electron chi connectivity index (χ2n) is 10.9. The van der Waals surface area contributed by atoms with Gasteiger partial charge in [0.25, 0.3) is 0 Å². The Hall–Kier alpha value is -4.58. The highest BCUT2D eigenvalue weighted by atomic mass is 32.3. The van der Waals surface area contributed by atoms with Crippen molar-refractivity contribution in [1.29, 1.82) is 0 Å². The lowest BCUT2D eigenvalue weighted by atomic mass is 10.4. The maximum absolute atomic E-state index is 13.2. The molecule has 6 rings (SSSR count). The maximum atomic E-state index is 13.2. The van der Waals surface area contributed by atoms with Gasteiger partial charge in [-0.15, -0.1) is 0 Å². The van der Waals surface area contributed by atoms with Gasteiger partial charge in [-0.05, 0) is 93.4 Å².